The molecule has 0 spiro atoms. The number of carbonyl (C=O) groups is 1. The van der Waals surface area contributed by atoms with Gasteiger partial charge in [0.1, 0.15) is 0 Å². The molecule has 1 aromatic heterocycles. The van der Waals surface area contributed by atoms with Crippen LogP contribution in [0.4, 0.5) is 0 Å². The second-order valence-electron chi connectivity index (χ2n) is 5.99. The van der Waals surface area contributed by atoms with Gasteiger partial charge < -0.3 is 10.0 Å². The first-order valence-corrected chi connectivity index (χ1v) is 7.62. The molecule has 3 rings (SSSR count). The van der Waals surface area contributed by atoms with Gasteiger partial charge in [0.05, 0.1) is 18.4 Å². The third kappa shape index (κ3) is 3.20. The number of aryl methyl sites for hydroxylation is 1. The Balaban J connectivity index is 1.58. The summed E-state index contributed by atoms with van der Waals surface area (Å²) in [6.07, 6.45) is 5.41. The van der Waals surface area contributed by atoms with Crippen LogP contribution in [0.15, 0.2) is 36.7 Å². The quantitative estimate of drug-likeness (QED) is 0.933. The number of nitrogens with zero attached hydrogens (tertiary/aromatic N) is 3. The minimum atomic E-state index is 0.0752. The van der Waals surface area contributed by atoms with Crippen molar-refractivity contribution in [2.75, 3.05) is 13.1 Å². The van der Waals surface area contributed by atoms with E-state index < -0.39 is 0 Å². The van der Waals surface area contributed by atoms with Crippen LogP contribution in [0.25, 0.3) is 0 Å². The van der Waals surface area contributed by atoms with Crippen LogP contribution in [-0.4, -0.2) is 38.8 Å². The van der Waals surface area contributed by atoms with Gasteiger partial charge >= 0.3 is 0 Å². The zero-order valence-electron chi connectivity index (χ0n) is 12.8. The topological polar surface area (TPSA) is 58.4 Å². The third-order valence-corrected chi connectivity index (χ3v) is 4.25. The van der Waals surface area contributed by atoms with E-state index in [0.717, 1.165) is 31.5 Å². The summed E-state index contributed by atoms with van der Waals surface area (Å²) in [6, 6.07) is 8.06. The number of likely N-dealkylation sites (tertiary alicyclic amines) is 1. The number of benzene rings is 1. The van der Waals surface area contributed by atoms with E-state index in [1.54, 1.807) is 17.1 Å². The Bertz CT molecular complexity index is 648. The number of rotatable bonds is 4. The molecular weight excluding hydrogens is 278 g/mol. The van der Waals surface area contributed by atoms with Gasteiger partial charge in [0, 0.05) is 26.3 Å². The third-order valence-electron chi connectivity index (χ3n) is 4.25. The van der Waals surface area contributed by atoms with Gasteiger partial charge in [0.15, 0.2) is 0 Å². The Hall–Kier alpha value is -2.14. The summed E-state index contributed by atoms with van der Waals surface area (Å²) in [5.74, 6) is 0.576. The number of hydrogen-bond donors (Lipinski definition) is 1. The maximum Gasteiger partial charge on any atom is 0.257 e. The molecule has 1 N–H and O–H groups in total. The van der Waals surface area contributed by atoms with E-state index in [2.05, 4.69) is 17.2 Å². The normalized spacial score (nSPS) is 17.9. The lowest BCUT2D eigenvalue weighted by atomic mass is 9.98. The summed E-state index contributed by atoms with van der Waals surface area (Å²) in [7, 11) is 1.82. The number of aliphatic hydroxyl groups is 1. The second-order valence-corrected chi connectivity index (χ2v) is 5.99. The van der Waals surface area contributed by atoms with Crippen molar-refractivity contribution in [1.29, 1.82) is 0 Å². The fourth-order valence-electron chi connectivity index (χ4n) is 3.01. The summed E-state index contributed by atoms with van der Waals surface area (Å²) < 4.78 is 1.66. The predicted molar refractivity (Wildman–Crippen MR) is 83.3 cm³/mol. The Morgan fingerprint density at radius 2 is 2.05 bits per heavy atom. The van der Waals surface area contributed by atoms with Crippen LogP contribution in [0.3, 0.4) is 0 Å². The summed E-state index contributed by atoms with van der Waals surface area (Å²) in [6.45, 7) is 1.69. The number of carbonyl (C=O) groups excluding carboxylic acids is 1. The largest absolute Gasteiger partial charge is 0.392 e. The average Bonchev–Trinajstić information content (AvgIpc) is 3.16. The Labute approximate surface area is 130 Å². The highest BCUT2D eigenvalue weighted by atomic mass is 16.3. The highest BCUT2D eigenvalue weighted by Gasteiger charge is 2.27. The van der Waals surface area contributed by atoms with Gasteiger partial charge in [-0.1, -0.05) is 24.3 Å². The molecule has 2 heterocycles. The molecule has 1 aliphatic rings. The molecule has 0 aliphatic carbocycles. The fourth-order valence-corrected chi connectivity index (χ4v) is 3.01. The minimum Gasteiger partial charge on any atom is -0.392 e. The Morgan fingerprint density at radius 3 is 2.68 bits per heavy atom. The van der Waals surface area contributed by atoms with Crippen LogP contribution in [0.5, 0.6) is 0 Å². The minimum absolute atomic E-state index is 0.0752. The molecule has 1 amide bonds. The highest BCUT2D eigenvalue weighted by Crippen LogP contribution is 2.22. The van der Waals surface area contributed by atoms with Crippen LogP contribution in [0, 0.1) is 5.92 Å². The van der Waals surface area contributed by atoms with E-state index >= 15 is 0 Å². The lowest BCUT2D eigenvalue weighted by Crippen LogP contribution is -2.28. The molecule has 0 saturated carbocycles. The van der Waals surface area contributed by atoms with E-state index in [-0.39, 0.29) is 12.5 Å². The van der Waals surface area contributed by atoms with Crippen LogP contribution in [0.2, 0.25) is 0 Å². The SMILES string of the molecule is Cn1cc(C(=O)N2CC[C@@H](Cc3ccc(CO)cc3)C2)cn1. The lowest BCUT2D eigenvalue weighted by molar-refractivity contribution is 0.0787. The second kappa shape index (κ2) is 6.32. The zero-order valence-corrected chi connectivity index (χ0v) is 12.8. The van der Waals surface area contributed by atoms with Crippen molar-refractivity contribution < 1.29 is 9.90 Å². The summed E-state index contributed by atoms with van der Waals surface area (Å²) in [4.78, 5) is 14.3. The highest BCUT2D eigenvalue weighted by molar-refractivity contribution is 5.93. The lowest BCUT2D eigenvalue weighted by Gasteiger charge is -2.15. The van der Waals surface area contributed by atoms with Crippen molar-refractivity contribution in [1.82, 2.24) is 14.7 Å². The van der Waals surface area contributed by atoms with Gasteiger partial charge in [0.2, 0.25) is 0 Å². The Morgan fingerprint density at radius 1 is 1.32 bits per heavy atom. The molecule has 1 aliphatic heterocycles. The number of aromatic nitrogens is 2. The van der Waals surface area contributed by atoms with E-state index in [1.807, 2.05) is 24.1 Å². The van der Waals surface area contributed by atoms with E-state index in [1.165, 1.54) is 5.56 Å². The summed E-state index contributed by atoms with van der Waals surface area (Å²) in [5, 5.41) is 13.1. The van der Waals surface area contributed by atoms with Crippen molar-refractivity contribution in [2.45, 2.75) is 19.4 Å². The number of hydrogen-bond acceptors (Lipinski definition) is 3. The van der Waals surface area contributed by atoms with E-state index in [0.29, 0.717) is 11.5 Å². The van der Waals surface area contributed by atoms with Crippen LogP contribution in [-0.2, 0) is 20.1 Å². The van der Waals surface area contributed by atoms with E-state index in [9.17, 15) is 4.79 Å². The molecule has 5 heteroatoms. The monoisotopic (exact) mass is 299 g/mol. The molecule has 0 bridgehead atoms. The standard InChI is InChI=1S/C17H21N3O2/c1-19-11-16(9-18-19)17(22)20-7-6-15(10-20)8-13-2-4-14(12-21)5-3-13/h2-5,9,11,15,21H,6-8,10,12H2,1H3/t15-/m0/s1. The molecule has 22 heavy (non-hydrogen) atoms. The molecular formula is C17H21N3O2. The van der Waals surface area contributed by atoms with Crippen molar-refractivity contribution in [3.63, 3.8) is 0 Å². The van der Waals surface area contributed by atoms with Crippen molar-refractivity contribution in [3.8, 4) is 0 Å². The maximum atomic E-state index is 12.4. The molecule has 1 saturated heterocycles. The molecule has 1 atom stereocenters. The van der Waals surface area contributed by atoms with Crippen LogP contribution < -0.4 is 0 Å². The maximum absolute atomic E-state index is 12.4. The molecule has 0 radical (unpaired) electrons. The number of amides is 1. The zero-order chi connectivity index (χ0) is 15.5. The molecule has 1 fully saturated rings. The summed E-state index contributed by atoms with van der Waals surface area (Å²) >= 11 is 0. The first-order chi connectivity index (χ1) is 10.7. The van der Waals surface area contributed by atoms with E-state index in [4.69, 9.17) is 5.11 Å². The molecule has 1 aromatic carbocycles. The van der Waals surface area contributed by atoms with Crippen molar-refractivity contribution in [2.24, 2.45) is 13.0 Å². The van der Waals surface area contributed by atoms with Gasteiger partial charge in [-0.2, -0.15) is 5.10 Å². The molecule has 5 nitrogen and oxygen atoms in total. The van der Waals surface area contributed by atoms with Gasteiger partial charge in [-0.25, -0.2) is 0 Å². The molecule has 2 aromatic rings. The molecule has 116 valence electrons. The van der Waals surface area contributed by atoms with Crippen LogP contribution in [0.1, 0.15) is 27.9 Å². The molecule has 0 unspecified atom stereocenters. The van der Waals surface area contributed by atoms with Gasteiger partial charge in [-0.3, -0.25) is 9.48 Å². The first kappa shape index (κ1) is 14.8. The van der Waals surface area contributed by atoms with Crippen molar-refractivity contribution in [3.05, 3.63) is 53.3 Å². The summed E-state index contributed by atoms with van der Waals surface area (Å²) in [5.41, 5.74) is 2.86. The average molecular weight is 299 g/mol. The van der Waals surface area contributed by atoms with Crippen LogP contribution >= 0.6 is 0 Å². The predicted octanol–water partition coefficient (Wildman–Crippen LogP) is 1.62. The van der Waals surface area contributed by atoms with Gasteiger partial charge in [0.25, 0.3) is 5.91 Å². The number of aliphatic hydroxyl groups excluding tert-OH is 1. The van der Waals surface area contributed by atoms with Crippen molar-refractivity contribution >= 4 is 5.91 Å². The van der Waals surface area contributed by atoms with Gasteiger partial charge in [-0.15, -0.1) is 0 Å². The Kier molecular flexibility index (Phi) is 4.24. The smallest absolute Gasteiger partial charge is 0.257 e. The first-order valence-electron chi connectivity index (χ1n) is 7.62. The fraction of sp³-hybridized carbons (Fsp3) is 0.412. The van der Waals surface area contributed by atoms with Gasteiger partial charge in [-0.05, 0) is 29.9 Å².